The van der Waals surface area contributed by atoms with Crippen LogP contribution in [0.4, 0.5) is 0 Å². The van der Waals surface area contributed by atoms with E-state index in [0.29, 0.717) is 5.02 Å². The lowest BCUT2D eigenvalue weighted by Crippen LogP contribution is -2.24. The molecule has 1 unspecified atom stereocenters. The fourth-order valence-corrected chi connectivity index (χ4v) is 1.86. The van der Waals surface area contributed by atoms with Gasteiger partial charge in [0.15, 0.2) is 6.23 Å². The number of nitrogens with zero attached hydrogens (tertiary/aromatic N) is 2. The van der Waals surface area contributed by atoms with Gasteiger partial charge in [-0.05, 0) is 35.3 Å². The topological polar surface area (TPSA) is 27.1 Å². The van der Waals surface area contributed by atoms with Gasteiger partial charge in [-0.2, -0.15) is 0 Å². The Bertz CT molecular complexity index is 568. The van der Waals surface area contributed by atoms with Crippen LogP contribution >= 0.6 is 11.6 Å². The van der Waals surface area contributed by atoms with Crippen molar-refractivity contribution in [3.63, 3.8) is 0 Å². The van der Waals surface area contributed by atoms with Crippen LogP contribution in [0.25, 0.3) is 0 Å². The number of ether oxygens (including phenoxy) is 1. The van der Waals surface area contributed by atoms with E-state index >= 15 is 0 Å². The van der Waals surface area contributed by atoms with Crippen LogP contribution in [0.2, 0.25) is 5.02 Å². The number of hydrogen-bond acceptors (Lipinski definition) is 2. The predicted octanol–water partition coefficient (Wildman–Crippen LogP) is 4.72. The summed E-state index contributed by atoms with van der Waals surface area (Å²) in [7, 11) is 0. The maximum Gasteiger partial charge on any atom is 0.199 e. The molecule has 0 fully saturated rings. The average molecular weight is 291 g/mol. The zero-order chi connectivity index (χ0) is 14.8. The standard InChI is InChI=1S/C16H19ClN2O/c1-12(16(2,3)4)15(19-10-9-18-11-19)20-14-7-5-13(17)6-8-14/h5-11,15H,1H2,2-4H3. The number of aromatic nitrogens is 2. The molecule has 1 aromatic carbocycles. The number of halogens is 1. The number of benzene rings is 1. The van der Waals surface area contributed by atoms with Gasteiger partial charge in [-0.25, -0.2) is 4.98 Å². The van der Waals surface area contributed by atoms with E-state index in [1.807, 2.05) is 35.0 Å². The zero-order valence-electron chi connectivity index (χ0n) is 12.0. The van der Waals surface area contributed by atoms with Crippen molar-refractivity contribution in [2.45, 2.75) is 27.0 Å². The third kappa shape index (κ3) is 3.42. The molecule has 1 atom stereocenters. The summed E-state index contributed by atoms with van der Waals surface area (Å²) in [5.74, 6) is 0.749. The van der Waals surface area contributed by atoms with Crippen LogP contribution in [0, 0.1) is 5.41 Å². The van der Waals surface area contributed by atoms with Crippen molar-refractivity contribution >= 4 is 11.6 Å². The highest BCUT2D eigenvalue weighted by atomic mass is 35.5. The fraction of sp³-hybridized carbons (Fsp3) is 0.312. The summed E-state index contributed by atoms with van der Waals surface area (Å²) >= 11 is 5.89. The van der Waals surface area contributed by atoms with Crippen molar-refractivity contribution in [2.75, 3.05) is 0 Å². The Hall–Kier alpha value is -1.74. The Balaban J connectivity index is 2.28. The normalized spacial score (nSPS) is 13.0. The number of hydrogen-bond donors (Lipinski definition) is 0. The molecule has 0 N–H and O–H groups in total. The average Bonchev–Trinajstić information content (AvgIpc) is 2.90. The second-order valence-corrected chi connectivity index (χ2v) is 6.15. The van der Waals surface area contributed by atoms with Gasteiger partial charge in [-0.3, -0.25) is 4.57 Å². The molecule has 2 aromatic rings. The summed E-state index contributed by atoms with van der Waals surface area (Å²) in [4.78, 5) is 4.08. The quantitative estimate of drug-likeness (QED) is 0.762. The van der Waals surface area contributed by atoms with E-state index in [0.717, 1.165) is 11.3 Å². The Kier molecular flexibility index (Phi) is 4.19. The summed E-state index contributed by atoms with van der Waals surface area (Å²) in [6.07, 6.45) is 5.04. The molecule has 4 heteroatoms. The van der Waals surface area contributed by atoms with E-state index in [1.54, 1.807) is 12.5 Å². The molecule has 0 bridgehead atoms. The highest BCUT2D eigenvalue weighted by Crippen LogP contribution is 2.34. The smallest absolute Gasteiger partial charge is 0.199 e. The molecule has 2 rings (SSSR count). The largest absolute Gasteiger partial charge is 0.466 e. The van der Waals surface area contributed by atoms with Crippen LogP contribution in [0.3, 0.4) is 0 Å². The first-order chi connectivity index (χ1) is 9.38. The molecule has 0 aliphatic heterocycles. The first-order valence-corrected chi connectivity index (χ1v) is 6.84. The molecule has 106 valence electrons. The molecular weight excluding hydrogens is 272 g/mol. The van der Waals surface area contributed by atoms with E-state index in [4.69, 9.17) is 16.3 Å². The van der Waals surface area contributed by atoms with E-state index in [-0.39, 0.29) is 11.6 Å². The lowest BCUT2D eigenvalue weighted by atomic mass is 9.86. The summed E-state index contributed by atoms with van der Waals surface area (Å²) in [5, 5.41) is 0.686. The number of rotatable bonds is 4. The summed E-state index contributed by atoms with van der Waals surface area (Å²) in [5.41, 5.74) is 0.909. The van der Waals surface area contributed by atoms with Gasteiger partial charge in [-0.15, -0.1) is 0 Å². The lowest BCUT2D eigenvalue weighted by molar-refractivity contribution is 0.146. The van der Waals surface area contributed by atoms with Gasteiger partial charge in [-0.1, -0.05) is 39.0 Å². The minimum atomic E-state index is -0.293. The fourth-order valence-electron chi connectivity index (χ4n) is 1.73. The molecule has 0 saturated carbocycles. The predicted molar refractivity (Wildman–Crippen MR) is 81.9 cm³/mol. The molecule has 20 heavy (non-hydrogen) atoms. The van der Waals surface area contributed by atoms with Gasteiger partial charge in [0, 0.05) is 17.4 Å². The van der Waals surface area contributed by atoms with E-state index in [2.05, 4.69) is 32.3 Å². The van der Waals surface area contributed by atoms with Crippen molar-refractivity contribution in [2.24, 2.45) is 5.41 Å². The highest BCUT2D eigenvalue weighted by Gasteiger charge is 2.26. The molecule has 1 heterocycles. The Labute approximate surface area is 124 Å². The molecule has 3 nitrogen and oxygen atoms in total. The van der Waals surface area contributed by atoms with Crippen LogP contribution < -0.4 is 4.74 Å². The van der Waals surface area contributed by atoms with Crippen LogP contribution in [-0.4, -0.2) is 9.55 Å². The molecule has 1 aromatic heterocycles. The van der Waals surface area contributed by atoms with Crippen LogP contribution in [-0.2, 0) is 0 Å². The summed E-state index contributed by atoms with van der Waals surface area (Å²) < 4.78 is 7.97. The molecular formula is C16H19ClN2O. The van der Waals surface area contributed by atoms with Gasteiger partial charge >= 0.3 is 0 Å². The van der Waals surface area contributed by atoms with E-state index < -0.39 is 0 Å². The van der Waals surface area contributed by atoms with Gasteiger partial charge in [0.05, 0.1) is 6.33 Å². The third-order valence-electron chi connectivity index (χ3n) is 3.12. The zero-order valence-corrected chi connectivity index (χ0v) is 12.8. The van der Waals surface area contributed by atoms with Gasteiger partial charge in [0.2, 0.25) is 0 Å². The SMILES string of the molecule is C=C(C(Oc1ccc(Cl)cc1)n1ccnc1)C(C)(C)C. The maximum atomic E-state index is 6.07. The van der Waals surface area contributed by atoms with Crippen LogP contribution in [0.15, 0.2) is 55.1 Å². The Morgan fingerprint density at radius 1 is 1.30 bits per heavy atom. The van der Waals surface area contributed by atoms with Crippen molar-refractivity contribution in [1.82, 2.24) is 9.55 Å². The first-order valence-electron chi connectivity index (χ1n) is 6.47. The maximum absolute atomic E-state index is 6.07. The minimum Gasteiger partial charge on any atom is -0.466 e. The van der Waals surface area contributed by atoms with E-state index in [1.165, 1.54) is 0 Å². The molecule has 0 aliphatic rings. The molecule has 0 saturated heterocycles. The van der Waals surface area contributed by atoms with Crippen molar-refractivity contribution in [3.05, 3.63) is 60.2 Å². The summed E-state index contributed by atoms with van der Waals surface area (Å²) in [6, 6.07) is 7.31. The van der Waals surface area contributed by atoms with E-state index in [9.17, 15) is 0 Å². The second kappa shape index (κ2) is 5.71. The third-order valence-corrected chi connectivity index (χ3v) is 3.37. The van der Waals surface area contributed by atoms with Crippen molar-refractivity contribution in [3.8, 4) is 5.75 Å². The first kappa shape index (κ1) is 14.7. The lowest BCUT2D eigenvalue weighted by Gasteiger charge is -2.30. The molecule has 0 amide bonds. The van der Waals surface area contributed by atoms with Gasteiger partial charge < -0.3 is 4.74 Å². The second-order valence-electron chi connectivity index (χ2n) is 5.71. The molecule has 0 spiro atoms. The molecule has 0 radical (unpaired) electrons. The summed E-state index contributed by atoms with van der Waals surface area (Å²) in [6.45, 7) is 10.5. The monoisotopic (exact) mass is 290 g/mol. The van der Waals surface area contributed by atoms with Crippen LogP contribution in [0.5, 0.6) is 5.75 Å². The highest BCUT2D eigenvalue weighted by molar-refractivity contribution is 6.30. The number of imidazole rings is 1. The Morgan fingerprint density at radius 2 is 1.95 bits per heavy atom. The van der Waals surface area contributed by atoms with Crippen molar-refractivity contribution < 1.29 is 4.74 Å². The molecule has 0 aliphatic carbocycles. The minimum absolute atomic E-state index is 0.0681. The van der Waals surface area contributed by atoms with Crippen LogP contribution in [0.1, 0.15) is 27.0 Å². The van der Waals surface area contributed by atoms with Gasteiger partial charge in [0.1, 0.15) is 5.75 Å². The van der Waals surface area contributed by atoms with Crippen molar-refractivity contribution in [1.29, 1.82) is 0 Å². The van der Waals surface area contributed by atoms with Gasteiger partial charge in [0.25, 0.3) is 0 Å². The Morgan fingerprint density at radius 3 is 2.45 bits per heavy atom.